The van der Waals surface area contributed by atoms with Gasteiger partial charge in [-0.15, -0.1) is 0 Å². The summed E-state index contributed by atoms with van der Waals surface area (Å²) < 4.78 is 13.8. The second-order valence-corrected chi connectivity index (χ2v) is 5.33. The summed E-state index contributed by atoms with van der Waals surface area (Å²) >= 11 is 12.1. The van der Waals surface area contributed by atoms with E-state index in [0.29, 0.717) is 27.7 Å². The van der Waals surface area contributed by atoms with Crippen LogP contribution < -0.4 is 0 Å². The SMILES string of the molecule is Fc1cccc(Cl)c1Cc1cc(-c2ccncc2Cl)n[nH]1. The smallest absolute Gasteiger partial charge is 0.128 e. The molecular weight excluding hydrogens is 312 g/mol. The monoisotopic (exact) mass is 321 g/mol. The van der Waals surface area contributed by atoms with Crippen molar-refractivity contribution < 1.29 is 4.39 Å². The fourth-order valence-electron chi connectivity index (χ4n) is 2.06. The van der Waals surface area contributed by atoms with Crippen LogP contribution in [-0.2, 0) is 6.42 Å². The van der Waals surface area contributed by atoms with Crippen LogP contribution in [-0.4, -0.2) is 15.2 Å². The highest BCUT2D eigenvalue weighted by Crippen LogP contribution is 2.27. The van der Waals surface area contributed by atoms with Crippen LogP contribution in [0.1, 0.15) is 11.3 Å². The number of nitrogens with one attached hydrogen (secondary N) is 1. The number of hydrogen-bond acceptors (Lipinski definition) is 2. The number of pyridine rings is 1. The predicted molar refractivity (Wildman–Crippen MR) is 81.0 cm³/mol. The molecular formula is C15H10Cl2FN3. The maximum Gasteiger partial charge on any atom is 0.128 e. The molecule has 1 N–H and O–H groups in total. The van der Waals surface area contributed by atoms with Gasteiger partial charge in [0.25, 0.3) is 0 Å². The lowest BCUT2D eigenvalue weighted by Crippen LogP contribution is -1.94. The van der Waals surface area contributed by atoms with Gasteiger partial charge in [0.15, 0.2) is 0 Å². The van der Waals surface area contributed by atoms with Crippen LogP contribution in [0.5, 0.6) is 0 Å². The summed E-state index contributed by atoms with van der Waals surface area (Å²) in [6.07, 6.45) is 3.53. The van der Waals surface area contributed by atoms with Crippen molar-refractivity contribution in [2.75, 3.05) is 0 Å². The van der Waals surface area contributed by atoms with E-state index in [0.717, 1.165) is 11.3 Å². The largest absolute Gasteiger partial charge is 0.282 e. The Bertz CT molecular complexity index is 766. The summed E-state index contributed by atoms with van der Waals surface area (Å²) in [6, 6.07) is 8.23. The molecule has 0 fully saturated rings. The molecule has 6 heteroatoms. The molecule has 2 heterocycles. The molecule has 0 radical (unpaired) electrons. The van der Waals surface area contributed by atoms with Gasteiger partial charge in [0.05, 0.1) is 10.7 Å². The van der Waals surface area contributed by atoms with Crippen LogP contribution in [0.25, 0.3) is 11.3 Å². The summed E-state index contributed by atoms with van der Waals surface area (Å²) in [5.41, 5.74) is 2.65. The van der Waals surface area contributed by atoms with Crippen molar-refractivity contribution in [3.63, 3.8) is 0 Å². The molecule has 0 aliphatic rings. The Kier molecular flexibility index (Phi) is 3.90. The molecule has 0 bridgehead atoms. The maximum atomic E-state index is 13.8. The van der Waals surface area contributed by atoms with Crippen molar-refractivity contribution in [2.24, 2.45) is 0 Å². The van der Waals surface area contributed by atoms with Gasteiger partial charge in [0, 0.05) is 40.7 Å². The number of hydrogen-bond donors (Lipinski definition) is 1. The Morgan fingerprint density at radius 1 is 1.14 bits per heavy atom. The Labute approximate surface area is 130 Å². The van der Waals surface area contributed by atoms with E-state index in [1.807, 2.05) is 6.07 Å². The normalized spacial score (nSPS) is 10.8. The quantitative estimate of drug-likeness (QED) is 0.771. The number of nitrogens with zero attached hydrogens (tertiary/aromatic N) is 2. The molecule has 0 atom stereocenters. The minimum Gasteiger partial charge on any atom is -0.282 e. The van der Waals surface area contributed by atoms with E-state index >= 15 is 0 Å². The van der Waals surface area contributed by atoms with Gasteiger partial charge in [-0.05, 0) is 24.3 Å². The molecule has 0 saturated heterocycles. The average molecular weight is 322 g/mol. The van der Waals surface area contributed by atoms with E-state index in [9.17, 15) is 4.39 Å². The van der Waals surface area contributed by atoms with Gasteiger partial charge in [-0.25, -0.2) is 4.39 Å². The lowest BCUT2D eigenvalue weighted by Gasteiger charge is -2.03. The van der Waals surface area contributed by atoms with Crippen molar-refractivity contribution >= 4 is 23.2 Å². The summed E-state index contributed by atoms with van der Waals surface area (Å²) in [5.74, 6) is -0.333. The molecule has 2 aromatic heterocycles. The van der Waals surface area contributed by atoms with Gasteiger partial charge in [-0.3, -0.25) is 10.1 Å². The van der Waals surface area contributed by atoms with Gasteiger partial charge < -0.3 is 0 Å². The van der Waals surface area contributed by atoms with Crippen molar-refractivity contribution in [2.45, 2.75) is 6.42 Å². The summed E-state index contributed by atoms with van der Waals surface area (Å²) in [4.78, 5) is 3.93. The van der Waals surface area contributed by atoms with E-state index in [-0.39, 0.29) is 5.82 Å². The van der Waals surface area contributed by atoms with Crippen LogP contribution in [0.4, 0.5) is 4.39 Å². The molecule has 0 amide bonds. The zero-order chi connectivity index (χ0) is 14.8. The first-order valence-electron chi connectivity index (χ1n) is 6.22. The second-order valence-electron chi connectivity index (χ2n) is 4.51. The van der Waals surface area contributed by atoms with Crippen LogP contribution in [0.2, 0.25) is 10.0 Å². The zero-order valence-corrected chi connectivity index (χ0v) is 12.3. The number of aromatic nitrogens is 3. The molecule has 3 nitrogen and oxygen atoms in total. The molecule has 1 aromatic carbocycles. The Morgan fingerprint density at radius 3 is 2.76 bits per heavy atom. The fourth-order valence-corrected chi connectivity index (χ4v) is 2.51. The van der Waals surface area contributed by atoms with Crippen molar-refractivity contribution in [3.8, 4) is 11.3 Å². The highest BCUT2D eigenvalue weighted by Gasteiger charge is 2.12. The van der Waals surface area contributed by atoms with E-state index in [1.54, 1.807) is 30.6 Å². The van der Waals surface area contributed by atoms with Crippen LogP contribution in [0, 0.1) is 5.82 Å². The van der Waals surface area contributed by atoms with Gasteiger partial charge in [-0.1, -0.05) is 29.3 Å². The fraction of sp³-hybridized carbons (Fsp3) is 0.0667. The molecule has 0 spiro atoms. The van der Waals surface area contributed by atoms with Crippen LogP contribution in [0.3, 0.4) is 0 Å². The number of halogens is 3. The van der Waals surface area contributed by atoms with E-state index in [2.05, 4.69) is 15.2 Å². The predicted octanol–water partition coefficient (Wildman–Crippen LogP) is 4.51. The van der Waals surface area contributed by atoms with Gasteiger partial charge >= 0.3 is 0 Å². The first kappa shape index (κ1) is 14.0. The van der Waals surface area contributed by atoms with Crippen molar-refractivity contribution in [1.29, 1.82) is 0 Å². The van der Waals surface area contributed by atoms with E-state index < -0.39 is 0 Å². The number of H-pyrrole nitrogens is 1. The molecule has 21 heavy (non-hydrogen) atoms. The third-order valence-electron chi connectivity index (χ3n) is 3.11. The Hall–Kier alpha value is -1.91. The topological polar surface area (TPSA) is 41.6 Å². The lowest BCUT2D eigenvalue weighted by molar-refractivity contribution is 0.613. The van der Waals surface area contributed by atoms with Crippen LogP contribution >= 0.6 is 23.2 Å². The van der Waals surface area contributed by atoms with Crippen molar-refractivity contribution in [1.82, 2.24) is 15.2 Å². The average Bonchev–Trinajstić information content (AvgIpc) is 2.92. The first-order chi connectivity index (χ1) is 10.1. The van der Waals surface area contributed by atoms with Gasteiger partial charge in [-0.2, -0.15) is 5.10 Å². The molecule has 0 unspecified atom stereocenters. The summed E-state index contributed by atoms with van der Waals surface area (Å²) in [7, 11) is 0. The highest BCUT2D eigenvalue weighted by molar-refractivity contribution is 6.33. The summed E-state index contributed by atoms with van der Waals surface area (Å²) in [5, 5.41) is 7.99. The minimum atomic E-state index is -0.333. The van der Waals surface area contributed by atoms with Crippen LogP contribution in [0.15, 0.2) is 42.7 Å². The molecule has 0 saturated carbocycles. The number of benzene rings is 1. The molecule has 3 rings (SSSR count). The van der Waals surface area contributed by atoms with Gasteiger partial charge in [0.2, 0.25) is 0 Å². The number of rotatable bonds is 3. The second kappa shape index (κ2) is 5.84. The van der Waals surface area contributed by atoms with Crippen molar-refractivity contribution in [3.05, 3.63) is 69.8 Å². The first-order valence-corrected chi connectivity index (χ1v) is 6.98. The third kappa shape index (κ3) is 2.91. The Morgan fingerprint density at radius 2 is 2.00 bits per heavy atom. The standard InChI is InChI=1S/C15H10Cl2FN3/c16-12-2-1-3-14(18)11(12)6-9-7-15(21-20-9)10-4-5-19-8-13(10)17/h1-5,7-8H,6H2,(H,20,21). The van der Waals surface area contributed by atoms with E-state index in [4.69, 9.17) is 23.2 Å². The molecule has 0 aliphatic heterocycles. The van der Waals surface area contributed by atoms with E-state index in [1.165, 1.54) is 6.07 Å². The third-order valence-corrected chi connectivity index (χ3v) is 3.76. The van der Waals surface area contributed by atoms with Gasteiger partial charge in [0.1, 0.15) is 5.82 Å². The molecule has 106 valence electrons. The number of aromatic amines is 1. The molecule has 3 aromatic rings. The lowest BCUT2D eigenvalue weighted by atomic mass is 10.1. The minimum absolute atomic E-state index is 0.333. The molecule has 0 aliphatic carbocycles. The Balaban J connectivity index is 1.91. The maximum absolute atomic E-state index is 13.8. The zero-order valence-electron chi connectivity index (χ0n) is 10.8. The summed E-state index contributed by atoms with van der Waals surface area (Å²) in [6.45, 7) is 0. The highest BCUT2D eigenvalue weighted by atomic mass is 35.5.